The fraction of sp³-hybridized carbons (Fsp3) is 0.875. The number of hydrogen-bond acceptors (Lipinski definition) is 2. The topological polar surface area (TPSA) is 23.6 Å². The summed E-state index contributed by atoms with van der Waals surface area (Å²) in [4.78, 5) is 15.1. The Morgan fingerprint density at radius 3 is 2.45 bits per heavy atom. The minimum Gasteiger partial charge on any atom is -0.341 e. The smallest absolute Gasteiger partial charge is 0.236 e. The van der Waals surface area contributed by atoms with Crippen molar-refractivity contribution in [3.63, 3.8) is 0 Å². The van der Waals surface area contributed by atoms with Gasteiger partial charge in [-0.25, -0.2) is 0 Å². The van der Waals surface area contributed by atoms with Crippen LogP contribution in [0.4, 0.5) is 0 Å². The van der Waals surface area contributed by atoms with E-state index in [-0.39, 0.29) is 5.91 Å². The van der Waals surface area contributed by atoms with E-state index in [9.17, 15) is 4.79 Å². The monoisotopic (exact) mass is 156 g/mol. The van der Waals surface area contributed by atoms with Crippen LogP contribution in [0.15, 0.2) is 0 Å². The van der Waals surface area contributed by atoms with Crippen LogP contribution >= 0.6 is 0 Å². The fourth-order valence-corrected chi connectivity index (χ4v) is 1.27. The van der Waals surface area contributed by atoms with Crippen LogP contribution in [-0.2, 0) is 4.79 Å². The third kappa shape index (κ3) is 2.19. The molecule has 1 heterocycles. The summed E-state index contributed by atoms with van der Waals surface area (Å²) in [5.41, 5.74) is 0. The number of carbonyl (C=O) groups excluding carboxylic acids is 1. The zero-order chi connectivity index (χ0) is 8.43. The highest BCUT2D eigenvalue weighted by Gasteiger charge is 2.26. The van der Waals surface area contributed by atoms with Crippen molar-refractivity contribution in [2.24, 2.45) is 5.92 Å². The van der Waals surface area contributed by atoms with Crippen molar-refractivity contribution in [3.8, 4) is 0 Å². The first-order chi connectivity index (χ1) is 5.09. The SMILES string of the molecule is CC1CN(C(=O)CN(C)C)C1. The quantitative estimate of drug-likeness (QED) is 0.563. The van der Waals surface area contributed by atoms with Crippen LogP contribution in [0.5, 0.6) is 0 Å². The van der Waals surface area contributed by atoms with Crippen molar-refractivity contribution in [1.29, 1.82) is 0 Å². The molecule has 0 aromatic rings. The molecule has 0 aromatic carbocycles. The molecular formula is C8H16N2O. The van der Waals surface area contributed by atoms with Gasteiger partial charge in [-0.1, -0.05) is 6.92 Å². The molecule has 0 aromatic heterocycles. The molecule has 0 saturated carbocycles. The van der Waals surface area contributed by atoms with Crippen molar-refractivity contribution in [2.75, 3.05) is 33.7 Å². The molecule has 0 N–H and O–H groups in total. The lowest BCUT2D eigenvalue weighted by atomic mass is 10.0. The first kappa shape index (κ1) is 8.53. The molecule has 3 heteroatoms. The van der Waals surface area contributed by atoms with Gasteiger partial charge in [0, 0.05) is 13.1 Å². The van der Waals surface area contributed by atoms with Crippen LogP contribution in [0.1, 0.15) is 6.92 Å². The molecule has 0 atom stereocenters. The molecule has 0 aliphatic carbocycles. The second kappa shape index (κ2) is 3.22. The van der Waals surface area contributed by atoms with E-state index in [2.05, 4.69) is 6.92 Å². The van der Waals surface area contributed by atoms with E-state index in [1.807, 2.05) is 23.9 Å². The molecule has 1 rings (SSSR count). The molecule has 1 fully saturated rings. The minimum atomic E-state index is 0.258. The highest BCUT2D eigenvalue weighted by atomic mass is 16.2. The maximum atomic E-state index is 11.3. The molecule has 3 nitrogen and oxygen atoms in total. The van der Waals surface area contributed by atoms with Gasteiger partial charge in [0.15, 0.2) is 0 Å². The minimum absolute atomic E-state index is 0.258. The average molecular weight is 156 g/mol. The molecule has 1 aliphatic heterocycles. The third-order valence-corrected chi connectivity index (χ3v) is 1.87. The van der Waals surface area contributed by atoms with Gasteiger partial charge in [0.05, 0.1) is 6.54 Å². The van der Waals surface area contributed by atoms with Gasteiger partial charge in [-0.2, -0.15) is 0 Å². The lowest BCUT2D eigenvalue weighted by Gasteiger charge is -2.37. The molecule has 0 radical (unpaired) electrons. The Morgan fingerprint density at radius 2 is 2.09 bits per heavy atom. The van der Waals surface area contributed by atoms with E-state index in [0.717, 1.165) is 13.1 Å². The summed E-state index contributed by atoms with van der Waals surface area (Å²) in [6.45, 7) is 4.62. The van der Waals surface area contributed by atoms with Crippen molar-refractivity contribution < 1.29 is 4.79 Å². The predicted molar refractivity (Wildman–Crippen MR) is 44.3 cm³/mol. The Bertz CT molecular complexity index is 150. The molecular weight excluding hydrogens is 140 g/mol. The highest BCUT2D eigenvalue weighted by molar-refractivity contribution is 5.78. The highest BCUT2D eigenvalue weighted by Crippen LogP contribution is 2.13. The molecule has 64 valence electrons. The Morgan fingerprint density at radius 1 is 1.55 bits per heavy atom. The van der Waals surface area contributed by atoms with Crippen LogP contribution in [0.2, 0.25) is 0 Å². The fourth-order valence-electron chi connectivity index (χ4n) is 1.27. The normalized spacial score (nSPS) is 18.7. The van der Waals surface area contributed by atoms with Crippen LogP contribution in [0.25, 0.3) is 0 Å². The van der Waals surface area contributed by atoms with Gasteiger partial charge in [0.1, 0.15) is 0 Å². The van der Waals surface area contributed by atoms with Gasteiger partial charge in [-0.15, -0.1) is 0 Å². The third-order valence-electron chi connectivity index (χ3n) is 1.87. The molecule has 1 amide bonds. The number of nitrogens with zero attached hydrogens (tertiary/aromatic N) is 2. The number of likely N-dealkylation sites (N-methyl/N-ethyl adjacent to an activating group) is 1. The maximum Gasteiger partial charge on any atom is 0.236 e. The summed E-state index contributed by atoms with van der Waals surface area (Å²) in [7, 11) is 3.84. The first-order valence-electron chi connectivity index (χ1n) is 4.02. The summed E-state index contributed by atoms with van der Waals surface area (Å²) >= 11 is 0. The maximum absolute atomic E-state index is 11.3. The van der Waals surface area contributed by atoms with Crippen molar-refractivity contribution in [1.82, 2.24) is 9.80 Å². The summed E-state index contributed by atoms with van der Waals surface area (Å²) in [6, 6.07) is 0. The summed E-state index contributed by atoms with van der Waals surface area (Å²) in [5, 5.41) is 0. The van der Waals surface area contributed by atoms with E-state index >= 15 is 0 Å². The van der Waals surface area contributed by atoms with Crippen LogP contribution < -0.4 is 0 Å². The average Bonchev–Trinajstić information content (AvgIpc) is 1.79. The molecule has 0 bridgehead atoms. The lowest BCUT2D eigenvalue weighted by Crippen LogP contribution is -2.51. The standard InChI is InChI=1S/C8H16N2O/c1-7-4-10(5-7)8(11)6-9(2)3/h7H,4-6H2,1-3H3. The van der Waals surface area contributed by atoms with E-state index in [1.165, 1.54) is 0 Å². The van der Waals surface area contributed by atoms with Crippen LogP contribution in [-0.4, -0.2) is 49.4 Å². The largest absolute Gasteiger partial charge is 0.341 e. The zero-order valence-electron chi connectivity index (χ0n) is 7.50. The number of rotatable bonds is 2. The van der Waals surface area contributed by atoms with Crippen molar-refractivity contribution in [2.45, 2.75) is 6.92 Å². The molecule has 1 saturated heterocycles. The predicted octanol–water partition coefficient (Wildman–Crippen LogP) is 0.0263. The molecule has 0 spiro atoms. The van der Waals surface area contributed by atoms with Crippen LogP contribution in [0, 0.1) is 5.92 Å². The Hall–Kier alpha value is -0.570. The summed E-state index contributed by atoms with van der Waals surface area (Å²) in [5.74, 6) is 0.967. The Labute approximate surface area is 68.0 Å². The number of carbonyl (C=O) groups is 1. The zero-order valence-corrected chi connectivity index (χ0v) is 7.50. The first-order valence-corrected chi connectivity index (χ1v) is 4.02. The van der Waals surface area contributed by atoms with E-state index in [1.54, 1.807) is 0 Å². The second-order valence-corrected chi connectivity index (χ2v) is 3.64. The number of amides is 1. The second-order valence-electron chi connectivity index (χ2n) is 3.64. The molecule has 1 aliphatic rings. The molecule has 11 heavy (non-hydrogen) atoms. The number of hydrogen-bond donors (Lipinski definition) is 0. The Kier molecular flexibility index (Phi) is 2.49. The van der Waals surface area contributed by atoms with Gasteiger partial charge in [0.25, 0.3) is 0 Å². The lowest BCUT2D eigenvalue weighted by molar-refractivity contribution is -0.137. The van der Waals surface area contributed by atoms with Crippen molar-refractivity contribution >= 4 is 5.91 Å². The van der Waals surface area contributed by atoms with Crippen LogP contribution in [0.3, 0.4) is 0 Å². The van der Waals surface area contributed by atoms with Gasteiger partial charge in [-0.3, -0.25) is 4.79 Å². The molecule has 0 unspecified atom stereocenters. The van der Waals surface area contributed by atoms with Gasteiger partial charge >= 0.3 is 0 Å². The van der Waals surface area contributed by atoms with Gasteiger partial charge < -0.3 is 9.80 Å². The van der Waals surface area contributed by atoms with Gasteiger partial charge in [0.2, 0.25) is 5.91 Å². The van der Waals surface area contributed by atoms with E-state index < -0.39 is 0 Å². The van der Waals surface area contributed by atoms with E-state index in [4.69, 9.17) is 0 Å². The van der Waals surface area contributed by atoms with Gasteiger partial charge in [-0.05, 0) is 20.0 Å². The number of likely N-dealkylation sites (tertiary alicyclic amines) is 1. The van der Waals surface area contributed by atoms with Crippen molar-refractivity contribution in [3.05, 3.63) is 0 Å². The summed E-state index contributed by atoms with van der Waals surface area (Å²) in [6.07, 6.45) is 0. The Balaban J connectivity index is 2.21. The summed E-state index contributed by atoms with van der Waals surface area (Å²) < 4.78 is 0. The van der Waals surface area contributed by atoms with E-state index in [0.29, 0.717) is 12.5 Å².